The average Bonchev–Trinajstić information content (AvgIpc) is 3.16. The molecule has 146 valence electrons. The van der Waals surface area contributed by atoms with Crippen LogP contribution in [0, 0.1) is 0 Å². The van der Waals surface area contributed by atoms with Gasteiger partial charge in [0.15, 0.2) is 11.1 Å². The van der Waals surface area contributed by atoms with Crippen LogP contribution in [0.15, 0.2) is 72.9 Å². The fraction of sp³-hybridized carbons (Fsp3) is 0.0455. The SMILES string of the molecule is NC(=O)c1cc(-c2ccccc2)cc2c(-c3cccc(NCS(=O)O)c3)c[nH]c12. The Balaban J connectivity index is 1.86. The van der Waals surface area contributed by atoms with Crippen molar-refractivity contribution < 1.29 is 13.6 Å². The Kier molecular flexibility index (Phi) is 5.16. The van der Waals surface area contributed by atoms with Gasteiger partial charge in [-0.2, -0.15) is 0 Å². The number of benzene rings is 3. The highest BCUT2D eigenvalue weighted by Gasteiger charge is 2.15. The van der Waals surface area contributed by atoms with Gasteiger partial charge in [-0.05, 0) is 41.0 Å². The molecule has 29 heavy (non-hydrogen) atoms. The van der Waals surface area contributed by atoms with Crippen molar-refractivity contribution in [3.63, 3.8) is 0 Å². The number of carbonyl (C=O) groups excluding carboxylic acids is 1. The van der Waals surface area contributed by atoms with Gasteiger partial charge in [0.25, 0.3) is 5.91 Å². The Hall–Kier alpha value is -3.42. The van der Waals surface area contributed by atoms with Crippen LogP contribution in [0.4, 0.5) is 5.69 Å². The van der Waals surface area contributed by atoms with Crippen LogP contribution in [-0.2, 0) is 11.1 Å². The second kappa shape index (κ2) is 7.90. The highest BCUT2D eigenvalue weighted by atomic mass is 32.2. The third-order valence-electron chi connectivity index (χ3n) is 4.74. The number of nitrogens with one attached hydrogen (secondary N) is 2. The Bertz CT molecular complexity index is 1220. The minimum absolute atomic E-state index is 0.0542. The van der Waals surface area contributed by atoms with Crippen LogP contribution >= 0.6 is 0 Å². The molecule has 6 nitrogen and oxygen atoms in total. The van der Waals surface area contributed by atoms with Crippen LogP contribution in [0.2, 0.25) is 0 Å². The number of nitrogens with two attached hydrogens (primary N) is 1. The van der Waals surface area contributed by atoms with E-state index in [1.54, 1.807) is 6.07 Å². The van der Waals surface area contributed by atoms with E-state index in [1.807, 2.05) is 66.9 Å². The van der Waals surface area contributed by atoms with Crippen molar-refractivity contribution in [2.75, 3.05) is 11.2 Å². The molecule has 7 heteroatoms. The van der Waals surface area contributed by atoms with E-state index in [4.69, 9.17) is 10.3 Å². The molecule has 0 saturated heterocycles. The molecule has 0 bridgehead atoms. The van der Waals surface area contributed by atoms with Crippen LogP contribution in [0.5, 0.6) is 0 Å². The van der Waals surface area contributed by atoms with Gasteiger partial charge < -0.3 is 20.6 Å². The number of rotatable bonds is 6. The van der Waals surface area contributed by atoms with Gasteiger partial charge in [-0.1, -0.05) is 42.5 Å². The summed E-state index contributed by atoms with van der Waals surface area (Å²) in [7, 11) is 0. The Morgan fingerprint density at radius 1 is 1.00 bits per heavy atom. The summed E-state index contributed by atoms with van der Waals surface area (Å²) in [5.41, 5.74) is 11.2. The molecule has 0 fully saturated rings. The van der Waals surface area contributed by atoms with Gasteiger partial charge in [-0.25, -0.2) is 4.21 Å². The van der Waals surface area contributed by atoms with Crippen LogP contribution in [0.1, 0.15) is 10.4 Å². The van der Waals surface area contributed by atoms with Gasteiger partial charge in [-0.15, -0.1) is 0 Å². The van der Waals surface area contributed by atoms with Crippen molar-refractivity contribution in [3.05, 3.63) is 78.5 Å². The molecule has 0 saturated carbocycles. The van der Waals surface area contributed by atoms with Crippen LogP contribution < -0.4 is 11.1 Å². The fourth-order valence-electron chi connectivity index (χ4n) is 3.40. The molecular formula is C22H19N3O3S. The molecular weight excluding hydrogens is 386 g/mol. The summed E-state index contributed by atoms with van der Waals surface area (Å²) in [6, 6.07) is 21.2. The van der Waals surface area contributed by atoms with Crippen LogP contribution in [0.3, 0.4) is 0 Å². The number of hydrogen-bond donors (Lipinski definition) is 4. The highest BCUT2D eigenvalue weighted by molar-refractivity contribution is 7.79. The third kappa shape index (κ3) is 3.91. The number of H-pyrrole nitrogens is 1. The van der Waals surface area contributed by atoms with E-state index in [2.05, 4.69) is 10.3 Å². The smallest absolute Gasteiger partial charge is 0.250 e. The summed E-state index contributed by atoms with van der Waals surface area (Å²) in [5.74, 6) is -0.552. The van der Waals surface area contributed by atoms with Crippen molar-refractivity contribution in [2.45, 2.75) is 0 Å². The van der Waals surface area contributed by atoms with Gasteiger partial charge in [-0.3, -0.25) is 4.79 Å². The summed E-state index contributed by atoms with van der Waals surface area (Å²) in [5, 5.41) is 3.80. The quantitative estimate of drug-likeness (QED) is 0.361. The standard InChI is InChI=1S/C22H19N3O3S/c23-22(26)19-11-16(14-5-2-1-3-6-14)10-18-20(12-24-21(18)19)15-7-4-8-17(9-15)25-13-29(27)28/h1-12,24-25H,13H2,(H2,23,26)(H,27,28). The lowest BCUT2D eigenvalue weighted by atomic mass is 9.96. The molecule has 5 N–H and O–H groups in total. The topological polar surface area (TPSA) is 108 Å². The second-order valence-electron chi connectivity index (χ2n) is 6.60. The number of aromatic nitrogens is 1. The van der Waals surface area contributed by atoms with E-state index in [0.717, 1.165) is 33.3 Å². The fourth-order valence-corrected chi connectivity index (χ4v) is 3.69. The Labute approximate surface area is 170 Å². The van der Waals surface area contributed by atoms with E-state index in [-0.39, 0.29) is 5.88 Å². The lowest BCUT2D eigenvalue weighted by Gasteiger charge is -2.09. The Morgan fingerprint density at radius 2 is 1.76 bits per heavy atom. The minimum atomic E-state index is -1.93. The number of fused-ring (bicyclic) bond motifs is 1. The number of carbonyl (C=O) groups is 1. The number of anilines is 1. The average molecular weight is 405 g/mol. The first-order valence-electron chi connectivity index (χ1n) is 8.95. The normalized spacial score (nSPS) is 12.0. The summed E-state index contributed by atoms with van der Waals surface area (Å²) >= 11 is -1.93. The summed E-state index contributed by atoms with van der Waals surface area (Å²) in [6.07, 6.45) is 1.84. The predicted octanol–water partition coefficient (Wildman–Crippen LogP) is 4.19. The molecule has 1 heterocycles. The molecule has 0 aliphatic carbocycles. The largest absolute Gasteiger partial charge is 0.372 e. The molecule has 3 aromatic carbocycles. The van der Waals surface area contributed by atoms with E-state index < -0.39 is 17.0 Å². The molecule has 1 unspecified atom stereocenters. The van der Waals surface area contributed by atoms with Gasteiger partial charge in [0, 0.05) is 22.8 Å². The molecule has 4 rings (SSSR count). The monoisotopic (exact) mass is 405 g/mol. The highest BCUT2D eigenvalue weighted by Crippen LogP contribution is 2.35. The van der Waals surface area contributed by atoms with Crippen molar-refractivity contribution >= 4 is 33.6 Å². The number of hydrogen-bond acceptors (Lipinski definition) is 3. The summed E-state index contributed by atoms with van der Waals surface area (Å²) < 4.78 is 19.9. The molecule has 1 aromatic heterocycles. The van der Waals surface area contributed by atoms with Crippen molar-refractivity contribution in [3.8, 4) is 22.3 Å². The zero-order valence-corrected chi connectivity index (χ0v) is 16.2. The third-order valence-corrected chi connectivity index (χ3v) is 5.13. The molecule has 1 atom stereocenters. The Morgan fingerprint density at radius 3 is 2.48 bits per heavy atom. The predicted molar refractivity (Wildman–Crippen MR) is 117 cm³/mol. The van der Waals surface area contributed by atoms with Crippen LogP contribution in [0.25, 0.3) is 33.2 Å². The maximum Gasteiger partial charge on any atom is 0.250 e. The maximum absolute atomic E-state index is 12.1. The first kappa shape index (κ1) is 18.9. The molecule has 0 aliphatic heterocycles. The van der Waals surface area contributed by atoms with Gasteiger partial charge in [0.2, 0.25) is 0 Å². The summed E-state index contributed by atoms with van der Waals surface area (Å²) in [4.78, 5) is 15.3. The van der Waals surface area contributed by atoms with Crippen molar-refractivity contribution in [1.29, 1.82) is 0 Å². The minimum Gasteiger partial charge on any atom is -0.372 e. The summed E-state index contributed by atoms with van der Waals surface area (Å²) in [6.45, 7) is 0. The first-order chi connectivity index (χ1) is 14.0. The maximum atomic E-state index is 12.1. The number of amides is 1. The molecule has 0 radical (unpaired) electrons. The molecule has 0 aliphatic rings. The lowest BCUT2D eigenvalue weighted by Crippen LogP contribution is -2.11. The van der Waals surface area contributed by atoms with E-state index in [1.165, 1.54) is 0 Å². The number of primary amides is 1. The van der Waals surface area contributed by atoms with E-state index in [0.29, 0.717) is 11.1 Å². The lowest BCUT2D eigenvalue weighted by molar-refractivity contribution is 0.100. The zero-order valence-electron chi connectivity index (χ0n) is 15.4. The van der Waals surface area contributed by atoms with Crippen LogP contribution in [-0.4, -0.2) is 25.5 Å². The van der Waals surface area contributed by atoms with Gasteiger partial charge in [0.05, 0.1) is 11.1 Å². The number of aromatic amines is 1. The second-order valence-corrected chi connectivity index (χ2v) is 7.53. The van der Waals surface area contributed by atoms with E-state index >= 15 is 0 Å². The van der Waals surface area contributed by atoms with Gasteiger partial charge in [0.1, 0.15) is 5.88 Å². The van der Waals surface area contributed by atoms with Crippen molar-refractivity contribution in [2.24, 2.45) is 5.73 Å². The van der Waals surface area contributed by atoms with Crippen molar-refractivity contribution in [1.82, 2.24) is 4.98 Å². The first-order valence-corrected chi connectivity index (χ1v) is 10.2. The molecule has 4 aromatic rings. The van der Waals surface area contributed by atoms with E-state index in [9.17, 15) is 9.00 Å². The zero-order chi connectivity index (χ0) is 20.4. The van der Waals surface area contributed by atoms with Gasteiger partial charge >= 0.3 is 0 Å². The molecule has 0 spiro atoms. The molecule has 1 amide bonds.